The molecule has 1 atom stereocenters. The van der Waals surface area contributed by atoms with Crippen LogP contribution in [0.5, 0.6) is 0 Å². The number of furan rings is 1. The van der Waals surface area contributed by atoms with E-state index in [9.17, 15) is 0 Å². The molecule has 0 saturated carbocycles. The monoisotopic (exact) mass is 195 g/mol. The van der Waals surface area contributed by atoms with Gasteiger partial charge in [-0.25, -0.2) is 0 Å². The minimum atomic E-state index is -0.0868. The topological polar surface area (TPSA) is 34.4 Å². The van der Waals surface area contributed by atoms with E-state index in [0.29, 0.717) is 6.61 Å². The average Bonchev–Trinajstić information content (AvgIpc) is 2.73. The number of piperidine rings is 1. The maximum Gasteiger partial charge on any atom is 0.126 e. The van der Waals surface area contributed by atoms with E-state index in [1.54, 1.807) is 13.4 Å². The molecule has 2 heterocycles. The molecule has 0 radical (unpaired) electrons. The van der Waals surface area contributed by atoms with Gasteiger partial charge in [-0.3, -0.25) is 0 Å². The first-order chi connectivity index (χ1) is 6.87. The Balaban J connectivity index is 2.20. The van der Waals surface area contributed by atoms with E-state index in [0.717, 1.165) is 18.7 Å². The Morgan fingerprint density at radius 3 is 3.07 bits per heavy atom. The molecule has 1 fully saturated rings. The van der Waals surface area contributed by atoms with Crippen LogP contribution < -0.4 is 5.32 Å². The van der Waals surface area contributed by atoms with Crippen LogP contribution in [-0.2, 0) is 10.3 Å². The molecule has 0 bridgehead atoms. The van der Waals surface area contributed by atoms with Crippen molar-refractivity contribution in [2.45, 2.75) is 24.8 Å². The molecule has 1 aromatic heterocycles. The maximum absolute atomic E-state index is 5.49. The van der Waals surface area contributed by atoms with Gasteiger partial charge in [0.1, 0.15) is 11.3 Å². The fraction of sp³-hybridized carbons (Fsp3) is 0.636. The normalized spacial score (nSPS) is 27.8. The highest BCUT2D eigenvalue weighted by atomic mass is 16.5. The number of hydrogen-bond donors (Lipinski definition) is 1. The summed E-state index contributed by atoms with van der Waals surface area (Å²) in [6.45, 7) is 1.73. The average molecular weight is 195 g/mol. The summed E-state index contributed by atoms with van der Waals surface area (Å²) < 4.78 is 10.8. The van der Waals surface area contributed by atoms with Gasteiger partial charge in [-0.2, -0.15) is 0 Å². The highest BCUT2D eigenvalue weighted by Crippen LogP contribution is 2.30. The Morgan fingerprint density at radius 2 is 2.50 bits per heavy atom. The van der Waals surface area contributed by atoms with Gasteiger partial charge < -0.3 is 14.5 Å². The van der Waals surface area contributed by atoms with Crippen LogP contribution in [0.3, 0.4) is 0 Å². The predicted octanol–water partition coefficient (Wildman–Crippen LogP) is 1.89. The Hall–Kier alpha value is -0.800. The minimum absolute atomic E-state index is 0.0868. The maximum atomic E-state index is 5.49. The SMILES string of the molecule is COCC1(c2ccco2)CCCCN1. The van der Waals surface area contributed by atoms with Crippen LogP contribution in [0.1, 0.15) is 25.0 Å². The zero-order valence-electron chi connectivity index (χ0n) is 8.58. The van der Waals surface area contributed by atoms with Gasteiger partial charge in [0.15, 0.2) is 0 Å². The molecule has 0 aromatic carbocycles. The Bertz CT molecular complexity index is 257. The van der Waals surface area contributed by atoms with Crippen molar-refractivity contribution in [2.75, 3.05) is 20.3 Å². The van der Waals surface area contributed by atoms with Gasteiger partial charge in [0.2, 0.25) is 0 Å². The molecule has 3 nitrogen and oxygen atoms in total. The largest absolute Gasteiger partial charge is 0.467 e. The standard InChI is InChI=1S/C11H17NO2/c1-13-9-11(6-2-3-7-12-11)10-5-4-8-14-10/h4-5,8,12H,2-3,6-7,9H2,1H3. The molecule has 78 valence electrons. The van der Waals surface area contributed by atoms with Crippen molar-refractivity contribution in [3.05, 3.63) is 24.2 Å². The fourth-order valence-corrected chi connectivity index (χ4v) is 2.17. The molecule has 1 aliphatic rings. The second-order valence-electron chi connectivity index (χ2n) is 3.88. The van der Waals surface area contributed by atoms with Crippen LogP contribution in [0.4, 0.5) is 0 Å². The van der Waals surface area contributed by atoms with Gasteiger partial charge in [-0.1, -0.05) is 0 Å². The van der Waals surface area contributed by atoms with Gasteiger partial charge in [0.25, 0.3) is 0 Å². The fourth-order valence-electron chi connectivity index (χ4n) is 2.17. The number of methoxy groups -OCH3 is 1. The second-order valence-corrected chi connectivity index (χ2v) is 3.88. The van der Waals surface area contributed by atoms with Crippen molar-refractivity contribution in [1.29, 1.82) is 0 Å². The van der Waals surface area contributed by atoms with E-state index in [4.69, 9.17) is 9.15 Å². The van der Waals surface area contributed by atoms with Crippen molar-refractivity contribution >= 4 is 0 Å². The van der Waals surface area contributed by atoms with Gasteiger partial charge >= 0.3 is 0 Å². The lowest BCUT2D eigenvalue weighted by Gasteiger charge is -2.36. The van der Waals surface area contributed by atoms with E-state index in [1.165, 1.54) is 12.8 Å². The molecule has 1 unspecified atom stereocenters. The molecule has 0 spiro atoms. The van der Waals surface area contributed by atoms with Crippen molar-refractivity contribution in [3.8, 4) is 0 Å². The zero-order chi connectivity index (χ0) is 9.86. The first kappa shape index (κ1) is 9.74. The summed E-state index contributed by atoms with van der Waals surface area (Å²) in [6.07, 6.45) is 5.29. The summed E-state index contributed by atoms with van der Waals surface area (Å²) in [6, 6.07) is 3.96. The van der Waals surface area contributed by atoms with E-state index < -0.39 is 0 Å². The summed E-state index contributed by atoms with van der Waals surface area (Å²) in [7, 11) is 1.74. The molecule has 3 heteroatoms. The Morgan fingerprint density at radius 1 is 1.57 bits per heavy atom. The first-order valence-electron chi connectivity index (χ1n) is 5.15. The van der Waals surface area contributed by atoms with Crippen LogP contribution in [0.25, 0.3) is 0 Å². The summed E-state index contributed by atoms with van der Waals surface area (Å²) in [5, 5.41) is 3.52. The van der Waals surface area contributed by atoms with Crippen molar-refractivity contribution in [2.24, 2.45) is 0 Å². The van der Waals surface area contributed by atoms with Crippen LogP contribution in [-0.4, -0.2) is 20.3 Å². The lowest BCUT2D eigenvalue weighted by molar-refractivity contribution is 0.0733. The van der Waals surface area contributed by atoms with E-state index >= 15 is 0 Å². The zero-order valence-corrected chi connectivity index (χ0v) is 8.58. The quantitative estimate of drug-likeness (QED) is 0.799. The predicted molar refractivity (Wildman–Crippen MR) is 54.1 cm³/mol. The number of ether oxygens (including phenoxy) is 1. The molecular weight excluding hydrogens is 178 g/mol. The van der Waals surface area contributed by atoms with Gasteiger partial charge in [-0.05, 0) is 37.9 Å². The van der Waals surface area contributed by atoms with Crippen molar-refractivity contribution in [1.82, 2.24) is 5.32 Å². The van der Waals surface area contributed by atoms with Gasteiger partial charge in [0, 0.05) is 7.11 Å². The second kappa shape index (κ2) is 4.15. The summed E-state index contributed by atoms with van der Waals surface area (Å²) in [4.78, 5) is 0. The van der Waals surface area contributed by atoms with E-state index in [1.807, 2.05) is 12.1 Å². The molecule has 2 rings (SSSR count). The van der Waals surface area contributed by atoms with E-state index in [-0.39, 0.29) is 5.54 Å². The van der Waals surface area contributed by atoms with Crippen LogP contribution in [0, 0.1) is 0 Å². The molecule has 1 aliphatic heterocycles. The molecule has 1 saturated heterocycles. The highest BCUT2D eigenvalue weighted by molar-refractivity contribution is 5.14. The molecule has 1 aromatic rings. The lowest BCUT2D eigenvalue weighted by Crippen LogP contribution is -2.48. The summed E-state index contributed by atoms with van der Waals surface area (Å²) in [5.41, 5.74) is -0.0868. The van der Waals surface area contributed by atoms with Crippen LogP contribution >= 0.6 is 0 Å². The molecule has 0 aliphatic carbocycles. The van der Waals surface area contributed by atoms with Gasteiger partial charge in [0.05, 0.1) is 12.9 Å². The lowest BCUT2D eigenvalue weighted by atomic mass is 9.87. The smallest absolute Gasteiger partial charge is 0.126 e. The van der Waals surface area contributed by atoms with Crippen molar-refractivity contribution < 1.29 is 9.15 Å². The highest BCUT2D eigenvalue weighted by Gasteiger charge is 2.36. The number of rotatable bonds is 3. The minimum Gasteiger partial charge on any atom is -0.467 e. The Labute approximate surface area is 84.4 Å². The third-order valence-corrected chi connectivity index (χ3v) is 2.88. The first-order valence-corrected chi connectivity index (χ1v) is 5.15. The Kier molecular flexibility index (Phi) is 2.89. The van der Waals surface area contributed by atoms with Gasteiger partial charge in [-0.15, -0.1) is 0 Å². The molecule has 1 N–H and O–H groups in total. The van der Waals surface area contributed by atoms with Crippen LogP contribution in [0.2, 0.25) is 0 Å². The molecule has 14 heavy (non-hydrogen) atoms. The number of hydrogen-bond acceptors (Lipinski definition) is 3. The summed E-state index contributed by atoms with van der Waals surface area (Å²) >= 11 is 0. The molecule has 0 amide bonds. The number of nitrogens with one attached hydrogen (secondary N) is 1. The third kappa shape index (κ3) is 1.70. The van der Waals surface area contributed by atoms with E-state index in [2.05, 4.69) is 5.32 Å². The van der Waals surface area contributed by atoms with Crippen LogP contribution in [0.15, 0.2) is 22.8 Å². The van der Waals surface area contributed by atoms with Crippen molar-refractivity contribution in [3.63, 3.8) is 0 Å². The molecular formula is C11H17NO2. The third-order valence-electron chi connectivity index (χ3n) is 2.88. The summed E-state index contributed by atoms with van der Waals surface area (Å²) in [5.74, 6) is 0.999.